The molecule has 0 spiro atoms. The summed E-state index contributed by atoms with van der Waals surface area (Å²) in [5.41, 5.74) is 3.54. The molecule has 0 saturated heterocycles. The van der Waals surface area contributed by atoms with Crippen LogP contribution in [0.3, 0.4) is 0 Å². The third-order valence-electron chi connectivity index (χ3n) is 2.85. The Morgan fingerprint density at radius 2 is 1.79 bits per heavy atom. The smallest absolute Gasteiger partial charge is 0.123 e. The first-order valence-corrected chi connectivity index (χ1v) is 6.00. The highest BCUT2D eigenvalue weighted by molar-refractivity contribution is 5.78. The summed E-state index contributed by atoms with van der Waals surface area (Å²) in [5, 5.41) is 3.25. The number of nitrogens with one attached hydrogen (secondary N) is 1. The molecule has 0 unspecified atom stereocenters. The van der Waals surface area contributed by atoms with Gasteiger partial charge in [0.2, 0.25) is 0 Å². The highest BCUT2D eigenvalue weighted by Gasteiger charge is 1.99. The number of fused-ring (bicyclic) bond motifs is 1. The number of benzene rings is 2. The van der Waals surface area contributed by atoms with E-state index < -0.39 is 0 Å². The van der Waals surface area contributed by atoms with Gasteiger partial charge in [-0.15, -0.1) is 0 Å². The fraction of sp³-hybridized carbons (Fsp3) is 0.0667. The summed E-state index contributed by atoms with van der Waals surface area (Å²) in [5.74, 6) is -0.219. The van der Waals surface area contributed by atoms with Crippen molar-refractivity contribution >= 4 is 16.7 Å². The molecule has 0 amide bonds. The van der Waals surface area contributed by atoms with Gasteiger partial charge in [-0.25, -0.2) is 4.39 Å². The second-order valence-electron chi connectivity index (χ2n) is 4.24. The summed E-state index contributed by atoms with van der Waals surface area (Å²) >= 11 is 0. The Morgan fingerprint density at radius 1 is 0.947 bits per heavy atom. The Kier molecular flexibility index (Phi) is 3.06. The summed E-state index contributed by atoms with van der Waals surface area (Å²) in [6.07, 6.45) is 3.33. The first-order chi connectivity index (χ1) is 9.31. The van der Waals surface area contributed by atoms with Gasteiger partial charge in [0.1, 0.15) is 5.82 Å². The number of anilines is 1. The van der Waals surface area contributed by atoms with Gasteiger partial charge in [0.15, 0.2) is 0 Å². The van der Waals surface area contributed by atoms with E-state index in [2.05, 4.69) is 15.3 Å². The van der Waals surface area contributed by atoms with Gasteiger partial charge in [-0.3, -0.25) is 9.97 Å². The van der Waals surface area contributed by atoms with Gasteiger partial charge in [-0.1, -0.05) is 12.1 Å². The monoisotopic (exact) mass is 253 g/mol. The summed E-state index contributed by atoms with van der Waals surface area (Å²) in [6, 6.07) is 12.3. The number of halogens is 1. The molecule has 3 nitrogen and oxygen atoms in total. The fourth-order valence-corrected chi connectivity index (χ4v) is 1.92. The molecule has 0 aliphatic carbocycles. The van der Waals surface area contributed by atoms with Gasteiger partial charge in [-0.05, 0) is 35.9 Å². The zero-order valence-electron chi connectivity index (χ0n) is 10.2. The van der Waals surface area contributed by atoms with E-state index >= 15 is 0 Å². The van der Waals surface area contributed by atoms with Crippen molar-refractivity contribution in [3.05, 3.63) is 66.2 Å². The van der Waals surface area contributed by atoms with E-state index in [0.29, 0.717) is 6.54 Å². The lowest BCUT2D eigenvalue weighted by molar-refractivity contribution is 0.626. The number of nitrogens with zero attached hydrogens (tertiary/aromatic N) is 2. The van der Waals surface area contributed by atoms with E-state index in [9.17, 15) is 4.39 Å². The largest absolute Gasteiger partial charge is 0.381 e. The molecule has 0 radical (unpaired) electrons. The van der Waals surface area contributed by atoms with Gasteiger partial charge in [0.25, 0.3) is 0 Å². The maximum Gasteiger partial charge on any atom is 0.123 e. The Morgan fingerprint density at radius 3 is 2.63 bits per heavy atom. The van der Waals surface area contributed by atoms with Gasteiger partial charge in [0.05, 0.1) is 11.0 Å². The fourth-order valence-electron chi connectivity index (χ4n) is 1.92. The van der Waals surface area contributed by atoms with Crippen molar-refractivity contribution in [3.8, 4) is 0 Å². The topological polar surface area (TPSA) is 37.8 Å². The first-order valence-electron chi connectivity index (χ1n) is 6.00. The maximum absolute atomic E-state index is 13.1. The molecule has 3 aromatic rings. The predicted molar refractivity (Wildman–Crippen MR) is 73.3 cm³/mol. The van der Waals surface area contributed by atoms with Crippen LogP contribution >= 0.6 is 0 Å². The molecule has 1 heterocycles. The van der Waals surface area contributed by atoms with Crippen LogP contribution in [0.15, 0.2) is 54.9 Å². The van der Waals surface area contributed by atoms with Crippen LogP contribution < -0.4 is 5.32 Å². The lowest BCUT2D eigenvalue weighted by Gasteiger charge is -2.07. The SMILES string of the molecule is Fc1cccc(CNc2ccc3nccnc3c2)c1. The molecular weight excluding hydrogens is 241 g/mol. The molecule has 19 heavy (non-hydrogen) atoms. The lowest BCUT2D eigenvalue weighted by Crippen LogP contribution is -1.99. The molecule has 1 N–H and O–H groups in total. The quantitative estimate of drug-likeness (QED) is 0.777. The predicted octanol–water partition coefficient (Wildman–Crippen LogP) is 3.38. The maximum atomic E-state index is 13.1. The average Bonchev–Trinajstić information content (AvgIpc) is 2.45. The first kappa shape index (κ1) is 11.6. The molecule has 0 saturated carbocycles. The van der Waals surface area contributed by atoms with E-state index in [1.54, 1.807) is 18.5 Å². The number of hydrogen-bond donors (Lipinski definition) is 1. The van der Waals surface area contributed by atoms with Crippen molar-refractivity contribution in [3.63, 3.8) is 0 Å². The van der Waals surface area contributed by atoms with E-state index in [4.69, 9.17) is 0 Å². The molecule has 1 aromatic heterocycles. The van der Waals surface area contributed by atoms with Crippen molar-refractivity contribution in [2.45, 2.75) is 6.54 Å². The summed E-state index contributed by atoms with van der Waals surface area (Å²) in [7, 11) is 0. The zero-order chi connectivity index (χ0) is 13.1. The van der Waals surface area contributed by atoms with Crippen LogP contribution in [0.4, 0.5) is 10.1 Å². The minimum Gasteiger partial charge on any atom is -0.381 e. The van der Waals surface area contributed by atoms with Crippen LogP contribution in [-0.2, 0) is 6.54 Å². The molecule has 3 rings (SSSR count). The van der Waals surface area contributed by atoms with Crippen molar-refractivity contribution in [1.29, 1.82) is 0 Å². The van der Waals surface area contributed by atoms with Crippen LogP contribution in [-0.4, -0.2) is 9.97 Å². The Balaban J connectivity index is 1.78. The van der Waals surface area contributed by atoms with Crippen LogP contribution in [0.1, 0.15) is 5.56 Å². The van der Waals surface area contributed by atoms with E-state index in [1.165, 1.54) is 12.1 Å². The van der Waals surface area contributed by atoms with Crippen LogP contribution in [0.25, 0.3) is 11.0 Å². The van der Waals surface area contributed by atoms with E-state index in [1.807, 2.05) is 24.3 Å². The Labute approximate surface area is 110 Å². The second kappa shape index (κ2) is 5.02. The summed E-state index contributed by atoms with van der Waals surface area (Å²) in [6.45, 7) is 0.573. The van der Waals surface area contributed by atoms with Crippen molar-refractivity contribution in [2.75, 3.05) is 5.32 Å². The third-order valence-corrected chi connectivity index (χ3v) is 2.85. The standard InChI is InChI=1S/C15H12FN3/c16-12-3-1-2-11(8-12)10-19-13-4-5-14-15(9-13)18-7-6-17-14/h1-9,19H,10H2. The van der Waals surface area contributed by atoms with Crippen molar-refractivity contribution in [1.82, 2.24) is 9.97 Å². The molecule has 0 aliphatic heterocycles. The molecule has 0 bridgehead atoms. The number of aromatic nitrogens is 2. The van der Waals surface area contributed by atoms with Crippen LogP contribution in [0.2, 0.25) is 0 Å². The minimum absolute atomic E-state index is 0.219. The zero-order valence-corrected chi connectivity index (χ0v) is 10.2. The molecule has 0 atom stereocenters. The lowest BCUT2D eigenvalue weighted by atomic mass is 10.2. The molecule has 4 heteroatoms. The van der Waals surface area contributed by atoms with Gasteiger partial charge in [0, 0.05) is 24.6 Å². The van der Waals surface area contributed by atoms with E-state index in [-0.39, 0.29) is 5.82 Å². The third kappa shape index (κ3) is 2.68. The molecule has 0 fully saturated rings. The Hall–Kier alpha value is -2.49. The molecular formula is C15H12FN3. The Bertz CT molecular complexity index is 712. The second-order valence-corrected chi connectivity index (χ2v) is 4.24. The highest BCUT2D eigenvalue weighted by Crippen LogP contribution is 2.16. The minimum atomic E-state index is -0.219. The average molecular weight is 253 g/mol. The van der Waals surface area contributed by atoms with E-state index in [0.717, 1.165) is 22.3 Å². The van der Waals surface area contributed by atoms with Gasteiger partial charge < -0.3 is 5.32 Å². The number of rotatable bonds is 3. The van der Waals surface area contributed by atoms with Crippen LogP contribution in [0, 0.1) is 5.82 Å². The normalized spacial score (nSPS) is 10.6. The van der Waals surface area contributed by atoms with Gasteiger partial charge in [-0.2, -0.15) is 0 Å². The summed E-state index contributed by atoms with van der Waals surface area (Å²) < 4.78 is 13.1. The molecule has 0 aliphatic rings. The van der Waals surface area contributed by atoms with Crippen molar-refractivity contribution < 1.29 is 4.39 Å². The van der Waals surface area contributed by atoms with Crippen LogP contribution in [0.5, 0.6) is 0 Å². The summed E-state index contributed by atoms with van der Waals surface area (Å²) in [4.78, 5) is 8.46. The highest BCUT2D eigenvalue weighted by atomic mass is 19.1. The van der Waals surface area contributed by atoms with Crippen molar-refractivity contribution in [2.24, 2.45) is 0 Å². The van der Waals surface area contributed by atoms with Gasteiger partial charge >= 0.3 is 0 Å². The molecule has 2 aromatic carbocycles. The number of hydrogen-bond acceptors (Lipinski definition) is 3. The molecule has 94 valence electrons.